The molecular formula is C28H40N2O6. The third-order valence-electron chi connectivity index (χ3n) is 5.18. The zero-order chi connectivity index (χ0) is 26.9. The summed E-state index contributed by atoms with van der Waals surface area (Å²) in [4.78, 5) is 25.1. The highest BCUT2D eigenvalue weighted by atomic mass is 16.6. The smallest absolute Gasteiger partial charge is 0.407 e. The molecule has 36 heavy (non-hydrogen) atoms. The minimum absolute atomic E-state index is 0.239. The van der Waals surface area contributed by atoms with Crippen LogP contribution in [0.5, 0.6) is 0 Å². The number of aliphatic hydroxyl groups excluding tert-OH is 2. The van der Waals surface area contributed by atoms with Gasteiger partial charge in [0.2, 0.25) is 0 Å². The van der Waals surface area contributed by atoms with Gasteiger partial charge in [-0.1, -0.05) is 60.7 Å². The molecule has 0 aliphatic carbocycles. The summed E-state index contributed by atoms with van der Waals surface area (Å²) in [7, 11) is 0. The molecule has 0 saturated heterocycles. The molecule has 2 aromatic rings. The number of nitrogens with one attached hydrogen (secondary N) is 2. The van der Waals surface area contributed by atoms with Gasteiger partial charge in [0.15, 0.2) is 0 Å². The monoisotopic (exact) mass is 500 g/mol. The Hall–Kier alpha value is -3.10. The first-order chi connectivity index (χ1) is 16.7. The highest BCUT2D eigenvalue weighted by molar-refractivity contribution is 5.69. The van der Waals surface area contributed by atoms with Gasteiger partial charge < -0.3 is 30.3 Å². The minimum Gasteiger partial charge on any atom is -0.444 e. The average molecular weight is 501 g/mol. The Balaban J connectivity index is 2.29. The Morgan fingerprint density at radius 3 is 1.25 bits per heavy atom. The van der Waals surface area contributed by atoms with Gasteiger partial charge in [-0.2, -0.15) is 0 Å². The maximum Gasteiger partial charge on any atom is 0.407 e. The van der Waals surface area contributed by atoms with Crippen LogP contribution in [-0.2, 0) is 22.3 Å². The van der Waals surface area contributed by atoms with Crippen molar-refractivity contribution in [2.24, 2.45) is 0 Å². The standard InChI is InChI=1S/C28H40N2O6/c1-27(2,3)35-25(33)29-21(17-19-13-9-7-10-14-19)23(31)24(32)22(18-20-15-11-8-12-16-20)30-26(34)36-28(4,5)6/h7-16,21-24,31-32H,17-18H2,1-6H3,(H,29,33)(H,30,34)/t21-,22-,23-,24+/m1/s1. The molecule has 0 unspecified atom stereocenters. The lowest BCUT2D eigenvalue weighted by Crippen LogP contribution is -2.58. The fourth-order valence-corrected chi connectivity index (χ4v) is 3.64. The zero-order valence-corrected chi connectivity index (χ0v) is 22.0. The molecule has 8 heteroatoms. The van der Waals surface area contributed by atoms with Crippen molar-refractivity contribution in [3.8, 4) is 0 Å². The molecule has 0 bridgehead atoms. The Morgan fingerprint density at radius 2 is 0.972 bits per heavy atom. The molecule has 2 amide bonds. The van der Waals surface area contributed by atoms with E-state index in [0.717, 1.165) is 11.1 Å². The van der Waals surface area contributed by atoms with Crippen molar-refractivity contribution < 1.29 is 29.3 Å². The van der Waals surface area contributed by atoms with Gasteiger partial charge in [-0.25, -0.2) is 9.59 Å². The molecule has 198 valence electrons. The molecule has 0 aromatic heterocycles. The number of benzene rings is 2. The number of ether oxygens (including phenoxy) is 2. The van der Waals surface area contributed by atoms with E-state index in [4.69, 9.17) is 9.47 Å². The Labute approximate surface area is 214 Å². The molecule has 4 atom stereocenters. The second kappa shape index (κ2) is 12.7. The summed E-state index contributed by atoms with van der Waals surface area (Å²) in [5, 5.41) is 27.9. The van der Waals surface area contributed by atoms with Crippen LogP contribution in [0.1, 0.15) is 52.7 Å². The van der Waals surface area contributed by atoms with Gasteiger partial charge in [0.05, 0.1) is 12.1 Å². The zero-order valence-electron chi connectivity index (χ0n) is 22.0. The summed E-state index contributed by atoms with van der Waals surface area (Å²) in [6, 6.07) is 16.8. The summed E-state index contributed by atoms with van der Waals surface area (Å²) in [6.07, 6.45) is -3.81. The normalized spacial score (nSPS) is 15.2. The summed E-state index contributed by atoms with van der Waals surface area (Å²) < 4.78 is 10.8. The number of hydrogen-bond acceptors (Lipinski definition) is 6. The fraction of sp³-hybridized carbons (Fsp3) is 0.500. The molecule has 0 aliphatic heterocycles. The van der Waals surface area contributed by atoms with Crippen LogP contribution in [0.2, 0.25) is 0 Å². The van der Waals surface area contributed by atoms with Gasteiger partial charge in [-0.3, -0.25) is 0 Å². The summed E-state index contributed by atoms with van der Waals surface area (Å²) in [5.74, 6) is 0. The van der Waals surface area contributed by atoms with Crippen molar-refractivity contribution in [2.75, 3.05) is 0 Å². The van der Waals surface area contributed by atoms with E-state index in [9.17, 15) is 19.8 Å². The minimum atomic E-state index is -1.43. The third kappa shape index (κ3) is 10.7. The topological polar surface area (TPSA) is 117 Å². The second-order valence-corrected chi connectivity index (χ2v) is 10.9. The van der Waals surface area contributed by atoms with Crippen LogP contribution in [-0.4, -0.2) is 57.9 Å². The molecule has 2 aromatic carbocycles. The Morgan fingerprint density at radius 1 is 0.667 bits per heavy atom. The maximum atomic E-state index is 12.6. The molecule has 0 radical (unpaired) electrons. The van der Waals surface area contributed by atoms with E-state index >= 15 is 0 Å². The van der Waals surface area contributed by atoms with Crippen molar-refractivity contribution in [1.82, 2.24) is 10.6 Å². The molecule has 0 heterocycles. The van der Waals surface area contributed by atoms with Gasteiger partial charge in [-0.05, 0) is 65.5 Å². The van der Waals surface area contributed by atoms with E-state index in [-0.39, 0.29) is 12.8 Å². The fourth-order valence-electron chi connectivity index (χ4n) is 3.64. The van der Waals surface area contributed by atoms with Gasteiger partial charge in [0, 0.05) is 0 Å². The van der Waals surface area contributed by atoms with Gasteiger partial charge >= 0.3 is 12.2 Å². The third-order valence-corrected chi connectivity index (χ3v) is 5.18. The van der Waals surface area contributed by atoms with E-state index in [1.54, 1.807) is 41.5 Å². The van der Waals surface area contributed by atoms with Crippen molar-refractivity contribution >= 4 is 12.2 Å². The lowest BCUT2D eigenvalue weighted by molar-refractivity contribution is -0.0293. The molecule has 0 aliphatic rings. The molecule has 8 nitrogen and oxygen atoms in total. The Kier molecular flexibility index (Phi) is 10.3. The summed E-state index contributed by atoms with van der Waals surface area (Å²) in [5.41, 5.74) is 0.229. The molecule has 4 N–H and O–H groups in total. The second-order valence-electron chi connectivity index (χ2n) is 10.9. The molecule has 2 rings (SSSR count). The van der Waals surface area contributed by atoms with Gasteiger partial charge in [0.1, 0.15) is 23.4 Å². The van der Waals surface area contributed by atoms with Crippen LogP contribution in [0, 0.1) is 0 Å². The molecular weight excluding hydrogens is 460 g/mol. The first kappa shape index (κ1) is 29.1. The average Bonchev–Trinajstić information content (AvgIpc) is 2.76. The Bertz CT molecular complexity index is 874. The van der Waals surface area contributed by atoms with Gasteiger partial charge in [-0.15, -0.1) is 0 Å². The SMILES string of the molecule is CC(C)(C)OC(=O)N[C@H](Cc1ccccc1)[C@H](O)[C@H](O)[C@@H](Cc1ccccc1)NC(=O)OC(C)(C)C. The molecule has 0 fully saturated rings. The summed E-state index contributed by atoms with van der Waals surface area (Å²) in [6.45, 7) is 10.4. The van der Waals surface area contributed by atoms with E-state index in [1.165, 1.54) is 0 Å². The lowest BCUT2D eigenvalue weighted by atomic mass is 9.91. The number of alkyl carbamates (subject to hydrolysis) is 2. The predicted octanol–water partition coefficient (Wildman–Crippen LogP) is 3.98. The predicted molar refractivity (Wildman–Crippen MR) is 139 cm³/mol. The first-order valence-corrected chi connectivity index (χ1v) is 12.2. The number of hydrogen-bond donors (Lipinski definition) is 4. The van der Waals surface area contributed by atoms with Gasteiger partial charge in [0.25, 0.3) is 0 Å². The largest absolute Gasteiger partial charge is 0.444 e. The quantitative estimate of drug-likeness (QED) is 0.414. The molecule has 0 spiro atoms. The highest BCUT2D eigenvalue weighted by Gasteiger charge is 2.36. The number of amides is 2. The van der Waals surface area contributed by atoms with Crippen LogP contribution in [0.3, 0.4) is 0 Å². The van der Waals surface area contributed by atoms with E-state index in [1.807, 2.05) is 60.7 Å². The van der Waals surface area contributed by atoms with Crippen LogP contribution in [0.4, 0.5) is 9.59 Å². The van der Waals surface area contributed by atoms with E-state index in [0.29, 0.717) is 0 Å². The number of carbonyl (C=O) groups is 2. The lowest BCUT2D eigenvalue weighted by Gasteiger charge is -2.34. The molecule has 0 saturated carbocycles. The summed E-state index contributed by atoms with van der Waals surface area (Å²) >= 11 is 0. The van der Waals surface area contributed by atoms with Crippen LogP contribution < -0.4 is 10.6 Å². The van der Waals surface area contributed by atoms with Crippen molar-refractivity contribution in [3.05, 3.63) is 71.8 Å². The highest BCUT2D eigenvalue weighted by Crippen LogP contribution is 2.17. The van der Waals surface area contributed by atoms with E-state index in [2.05, 4.69) is 10.6 Å². The number of aliphatic hydroxyl groups is 2. The van der Waals surface area contributed by atoms with Crippen LogP contribution in [0.25, 0.3) is 0 Å². The van der Waals surface area contributed by atoms with Crippen molar-refractivity contribution in [1.29, 1.82) is 0 Å². The maximum absolute atomic E-state index is 12.6. The number of rotatable bonds is 9. The van der Waals surface area contributed by atoms with Crippen molar-refractivity contribution in [2.45, 2.75) is 89.9 Å². The van der Waals surface area contributed by atoms with Crippen LogP contribution >= 0.6 is 0 Å². The van der Waals surface area contributed by atoms with Crippen LogP contribution in [0.15, 0.2) is 60.7 Å². The first-order valence-electron chi connectivity index (χ1n) is 12.2. The van der Waals surface area contributed by atoms with E-state index < -0.39 is 47.7 Å². The number of carbonyl (C=O) groups excluding carboxylic acids is 2. The van der Waals surface area contributed by atoms with Crippen molar-refractivity contribution in [3.63, 3.8) is 0 Å².